The SMILES string of the molecule is CCCCNC(=O)CS(=O)(=O)Cc1nccn1Cc1ccccc1. The maximum absolute atomic E-state index is 12.2. The quantitative estimate of drug-likeness (QED) is 0.700. The third-order valence-electron chi connectivity index (χ3n) is 3.55. The van der Waals surface area contributed by atoms with E-state index in [1.165, 1.54) is 0 Å². The smallest absolute Gasteiger partial charge is 0.235 e. The monoisotopic (exact) mass is 349 g/mol. The maximum Gasteiger partial charge on any atom is 0.235 e. The van der Waals surface area contributed by atoms with Crippen LogP contribution in [0, 0.1) is 0 Å². The maximum atomic E-state index is 12.2. The van der Waals surface area contributed by atoms with Crippen molar-refractivity contribution in [1.82, 2.24) is 14.9 Å². The second kappa shape index (κ2) is 8.63. The molecule has 0 saturated carbocycles. The van der Waals surface area contributed by atoms with E-state index in [4.69, 9.17) is 0 Å². The van der Waals surface area contributed by atoms with Gasteiger partial charge < -0.3 is 9.88 Å². The third-order valence-corrected chi connectivity index (χ3v) is 4.95. The van der Waals surface area contributed by atoms with Gasteiger partial charge in [0, 0.05) is 25.5 Å². The molecule has 0 atom stereocenters. The van der Waals surface area contributed by atoms with Gasteiger partial charge >= 0.3 is 0 Å². The summed E-state index contributed by atoms with van der Waals surface area (Å²) in [4.78, 5) is 15.9. The summed E-state index contributed by atoms with van der Waals surface area (Å²) < 4.78 is 26.3. The van der Waals surface area contributed by atoms with Gasteiger partial charge in [-0.15, -0.1) is 0 Å². The third kappa shape index (κ3) is 5.81. The molecule has 0 unspecified atom stereocenters. The molecule has 24 heavy (non-hydrogen) atoms. The van der Waals surface area contributed by atoms with E-state index in [1.54, 1.807) is 17.0 Å². The first-order chi connectivity index (χ1) is 11.5. The van der Waals surface area contributed by atoms with Crippen LogP contribution in [-0.2, 0) is 26.9 Å². The normalized spacial score (nSPS) is 11.4. The van der Waals surface area contributed by atoms with Crippen molar-refractivity contribution in [2.75, 3.05) is 12.3 Å². The minimum Gasteiger partial charge on any atom is -0.355 e. The van der Waals surface area contributed by atoms with Gasteiger partial charge in [-0.1, -0.05) is 43.7 Å². The zero-order valence-corrected chi connectivity index (χ0v) is 14.6. The van der Waals surface area contributed by atoms with Crippen LogP contribution in [0.2, 0.25) is 0 Å². The lowest BCUT2D eigenvalue weighted by Crippen LogP contribution is -2.31. The molecule has 0 saturated heterocycles. The fourth-order valence-corrected chi connectivity index (χ4v) is 3.54. The number of hydrogen-bond acceptors (Lipinski definition) is 4. The first-order valence-corrected chi connectivity index (χ1v) is 9.83. The Morgan fingerprint density at radius 1 is 1.25 bits per heavy atom. The number of amides is 1. The van der Waals surface area contributed by atoms with E-state index in [0.717, 1.165) is 18.4 Å². The van der Waals surface area contributed by atoms with E-state index in [9.17, 15) is 13.2 Å². The average Bonchev–Trinajstić information content (AvgIpc) is 2.94. The van der Waals surface area contributed by atoms with Gasteiger partial charge in [0.1, 0.15) is 17.3 Å². The summed E-state index contributed by atoms with van der Waals surface area (Å²) in [7, 11) is -3.55. The van der Waals surface area contributed by atoms with Crippen LogP contribution < -0.4 is 5.32 Å². The van der Waals surface area contributed by atoms with Crippen molar-refractivity contribution in [3.05, 3.63) is 54.1 Å². The number of imidazole rings is 1. The number of unbranched alkanes of at least 4 members (excludes halogenated alkanes) is 1. The Morgan fingerprint density at radius 2 is 2.00 bits per heavy atom. The number of nitrogens with zero attached hydrogens (tertiary/aromatic N) is 2. The van der Waals surface area contributed by atoms with Gasteiger partial charge in [0.25, 0.3) is 0 Å². The first-order valence-electron chi connectivity index (χ1n) is 8.01. The molecule has 0 aliphatic heterocycles. The summed E-state index contributed by atoms with van der Waals surface area (Å²) in [6, 6.07) is 9.74. The number of nitrogens with one attached hydrogen (secondary N) is 1. The van der Waals surface area contributed by atoms with Crippen molar-refractivity contribution in [2.24, 2.45) is 0 Å². The molecule has 1 N–H and O–H groups in total. The van der Waals surface area contributed by atoms with Gasteiger partial charge in [0.2, 0.25) is 5.91 Å². The van der Waals surface area contributed by atoms with Gasteiger partial charge in [-0.05, 0) is 12.0 Å². The molecule has 7 heteroatoms. The molecular weight excluding hydrogens is 326 g/mol. The zero-order chi connectivity index (χ0) is 17.4. The number of carbonyl (C=O) groups is 1. The van der Waals surface area contributed by atoms with Crippen LogP contribution >= 0.6 is 0 Å². The number of carbonyl (C=O) groups excluding carboxylic acids is 1. The van der Waals surface area contributed by atoms with Crippen molar-refractivity contribution in [3.8, 4) is 0 Å². The summed E-state index contributed by atoms with van der Waals surface area (Å²) in [5.74, 6) is -0.757. The van der Waals surface area contributed by atoms with E-state index in [1.807, 2.05) is 37.3 Å². The van der Waals surface area contributed by atoms with E-state index in [2.05, 4.69) is 10.3 Å². The van der Waals surface area contributed by atoms with Gasteiger partial charge in [0.15, 0.2) is 9.84 Å². The minimum atomic E-state index is -3.55. The van der Waals surface area contributed by atoms with Crippen molar-refractivity contribution in [1.29, 1.82) is 0 Å². The molecule has 1 aromatic heterocycles. The van der Waals surface area contributed by atoms with E-state index in [-0.39, 0.29) is 5.75 Å². The van der Waals surface area contributed by atoms with Crippen LogP contribution in [0.3, 0.4) is 0 Å². The largest absolute Gasteiger partial charge is 0.355 e. The summed E-state index contributed by atoms with van der Waals surface area (Å²) in [6.07, 6.45) is 5.12. The Bertz CT molecular complexity index is 754. The molecule has 6 nitrogen and oxygen atoms in total. The average molecular weight is 349 g/mol. The second-order valence-electron chi connectivity index (χ2n) is 5.69. The van der Waals surface area contributed by atoms with Crippen LogP contribution in [-0.4, -0.2) is 36.2 Å². The van der Waals surface area contributed by atoms with Gasteiger partial charge in [-0.25, -0.2) is 13.4 Å². The number of sulfone groups is 1. The second-order valence-corrected chi connectivity index (χ2v) is 7.76. The molecule has 0 aliphatic carbocycles. The highest BCUT2D eigenvalue weighted by Crippen LogP contribution is 2.09. The van der Waals surface area contributed by atoms with E-state index >= 15 is 0 Å². The van der Waals surface area contributed by atoms with Crippen LogP contribution in [0.4, 0.5) is 0 Å². The van der Waals surface area contributed by atoms with Crippen LogP contribution in [0.15, 0.2) is 42.7 Å². The van der Waals surface area contributed by atoms with E-state index < -0.39 is 21.5 Å². The Labute approximate surface area is 142 Å². The molecule has 0 spiro atoms. The molecule has 2 rings (SSSR count). The Hall–Kier alpha value is -2.15. The Morgan fingerprint density at radius 3 is 2.71 bits per heavy atom. The summed E-state index contributed by atoms with van der Waals surface area (Å²) >= 11 is 0. The minimum absolute atomic E-state index is 0.242. The molecular formula is C17H23N3O3S. The molecule has 1 heterocycles. The molecule has 1 aromatic carbocycles. The fourth-order valence-electron chi connectivity index (χ4n) is 2.31. The van der Waals surface area contributed by atoms with Crippen LogP contribution in [0.1, 0.15) is 31.2 Å². The predicted octanol–water partition coefficient (Wildman–Crippen LogP) is 1.76. The van der Waals surface area contributed by atoms with Gasteiger partial charge in [-0.3, -0.25) is 4.79 Å². The van der Waals surface area contributed by atoms with Crippen molar-refractivity contribution < 1.29 is 13.2 Å². The molecule has 0 fully saturated rings. The lowest BCUT2D eigenvalue weighted by Gasteiger charge is -2.09. The first kappa shape index (κ1) is 18.2. The number of rotatable bonds is 9. The Balaban J connectivity index is 1.97. The zero-order valence-electron chi connectivity index (χ0n) is 13.8. The van der Waals surface area contributed by atoms with E-state index in [0.29, 0.717) is 18.9 Å². The molecule has 130 valence electrons. The topological polar surface area (TPSA) is 81.1 Å². The number of aromatic nitrogens is 2. The molecule has 2 aromatic rings. The number of hydrogen-bond donors (Lipinski definition) is 1. The Kier molecular flexibility index (Phi) is 6.54. The standard InChI is InChI=1S/C17H23N3O3S/c1-2-3-9-19-17(21)14-24(22,23)13-16-18-10-11-20(16)12-15-7-5-4-6-8-15/h4-8,10-11H,2-3,9,12-14H2,1H3,(H,19,21). The molecule has 0 aliphatic rings. The van der Waals surface area contributed by atoms with Crippen LogP contribution in [0.5, 0.6) is 0 Å². The van der Waals surface area contributed by atoms with Gasteiger partial charge in [-0.2, -0.15) is 0 Å². The fraction of sp³-hybridized carbons (Fsp3) is 0.412. The summed E-state index contributed by atoms with van der Waals surface area (Å²) in [6.45, 7) is 3.07. The lowest BCUT2D eigenvalue weighted by molar-refractivity contribution is -0.118. The molecule has 0 radical (unpaired) electrons. The molecule has 0 bridgehead atoms. The van der Waals surface area contributed by atoms with Crippen LogP contribution in [0.25, 0.3) is 0 Å². The van der Waals surface area contributed by atoms with Crippen molar-refractivity contribution >= 4 is 15.7 Å². The number of benzene rings is 1. The summed E-state index contributed by atoms with van der Waals surface area (Å²) in [5, 5.41) is 2.63. The van der Waals surface area contributed by atoms with Crippen molar-refractivity contribution in [3.63, 3.8) is 0 Å². The lowest BCUT2D eigenvalue weighted by atomic mass is 10.2. The highest BCUT2D eigenvalue weighted by atomic mass is 32.2. The van der Waals surface area contributed by atoms with Gasteiger partial charge in [0.05, 0.1) is 0 Å². The highest BCUT2D eigenvalue weighted by molar-refractivity contribution is 7.91. The summed E-state index contributed by atoms with van der Waals surface area (Å²) in [5.41, 5.74) is 1.06. The van der Waals surface area contributed by atoms with Crippen molar-refractivity contribution in [2.45, 2.75) is 32.1 Å². The highest BCUT2D eigenvalue weighted by Gasteiger charge is 2.20. The predicted molar refractivity (Wildman–Crippen MR) is 93.2 cm³/mol. The molecule has 1 amide bonds.